The maximum Gasteiger partial charge on any atom is 0.227 e. The molecule has 0 unspecified atom stereocenters. The van der Waals surface area contributed by atoms with Crippen molar-refractivity contribution < 1.29 is 14.3 Å². The van der Waals surface area contributed by atoms with Crippen LogP contribution in [0.15, 0.2) is 6.07 Å². The molecule has 1 atom stereocenters. The van der Waals surface area contributed by atoms with E-state index in [9.17, 15) is 4.79 Å². The van der Waals surface area contributed by atoms with E-state index in [4.69, 9.17) is 9.47 Å². The van der Waals surface area contributed by atoms with Crippen LogP contribution in [-0.4, -0.2) is 73.4 Å². The molecule has 1 aromatic rings. The first kappa shape index (κ1) is 16.9. The lowest BCUT2D eigenvalue weighted by Crippen LogP contribution is -2.34. The van der Waals surface area contributed by atoms with E-state index < -0.39 is 0 Å². The van der Waals surface area contributed by atoms with Crippen molar-refractivity contribution in [2.75, 3.05) is 47.5 Å². The van der Waals surface area contributed by atoms with Crippen molar-refractivity contribution in [3.63, 3.8) is 0 Å². The summed E-state index contributed by atoms with van der Waals surface area (Å²) in [7, 11) is 5.19. The van der Waals surface area contributed by atoms with Gasteiger partial charge in [0.2, 0.25) is 5.91 Å². The Bertz CT molecular complexity index is 477. The van der Waals surface area contributed by atoms with E-state index in [-0.39, 0.29) is 11.8 Å². The third kappa shape index (κ3) is 4.53. The predicted molar refractivity (Wildman–Crippen MR) is 82.2 cm³/mol. The van der Waals surface area contributed by atoms with Gasteiger partial charge in [0.05, 0.1) is 37.1 Å². The van der Waals surface area contributed by atoms with Gasteiger partial charge in [-0.25, -0.2) is 0 Å². The van der Waals surface area contributed by atoms with Crippen LogP contribution in [0.4, 0.5) is 0 Å². The summed E-state index contributed by atoms with van der Waals surface area (Å²) in [6.45, 7) is 4.42. The number of H-pyrrole nitrogens is 1. The molecular weight excluding hydrogens is 284 g/mol. The molecule has 7 heteroatoms. The smallest absolute Gasteiger partial charge is 0.227 e. The summed E-state index contributed by atoms with van der Waals surface area (Å²) in [6.07, 6.45) is 0.921. The first-order valence-corrected chi connectivity index (χ1v) is 7.62. The van der Waals surface area contributed by atoms with E-state index in [2.05, 4.69) is 15.1 Å². The quantitative estimate of drug-likeness (QED) is 0.756. The van der Waals surface area contributed by atoms with Crippen LogP contribution in [0.5, 0.6) is 0 Å². The number of aromatic amines is 1. The first-order valence-electron chi connectivity index (χ1n) is 7.62. The van der Waals surface area contributed by atoms with Crippen molar-refractivity contribution >= 4 is 5.91 Å². The maximum atomic E-state index is 12.5. The van der Waals surface area contributed by atoms with E-state index in [0.29, 0.717) is 19.8 Å². The van der Waals surface area contributed by atoms with Gasteiger partial charge in [0.15, 0.2) is 0 Å². The lowest BCUT2D eigenvalue weighted by molar-refractivity contribution is -0.134. The molecule has 2 heterocycles. The van der Waals surface area contributed by atoms with E-state index in [1.54, 1.807) is 19.1 Å². The Labute approximate surface area is 131 Å². The highest BCUT2D eigenvalue weighted by atomic mass is 16.5. The number of hydrogen-bond acceptors (Lipinski definition) is 5. The molecule has 0 spiro atoms. The molecule has 124 valence electrons. The van der Waals surface area contributed by atoms with Gasteiger partial charge >= 0.3 is 0 Å². The number of ether oxygens (including phenoxy) is 2. The van der Waals surface area contributed by atoms with Crippen molar-refractivity contribution in [2.24, 2.45) is 5.92 Å². The Hall–Kier alpha value is -1.44. The van der Waals surface area contributed by atoms with Gasteiger partial charge in [0.1, 0.15) is 0 Å². The van der Waals surface area contributed by atoms with Crippen LogP contribution in [0.1, 0.15) is 17.8 Å². The summed E-state index contributed by atoms with van der Waals surface area (Å²) >= 11 is 0. The van der Waals surface area contributed by atoms with Gasteiger partial charge in [-0.05, 0) is 19.0 Å². The van der Waals surface area contributed by atoms with Crippen molar-refractivity contribution in [3.05, 3.63) is 17.5 Å². The second-order valence-corrected chi connectivity index (χ2v) is 5.79. The van der Waals surface area contributed by atoms with Crippen molar-refractivity contribution in [1.29, 1.82) is 0 Å². The molecule has 2 rings (SSSR count). The van der Waals surface area contributed by atoms with Gasteiger partial charge in [-0.3, -0.25) is 9.89 Å². The Morgan fingerprint density at radius 2 is 2.32 bits per heavy atom. The minimum atomic E-state index is 0.0863. The van der Waals surface area contributed by atoms with Gasteiger partial charge in [-0.1, -0.05) is 0 Å². The van der Waals surface area contributed by atoms with Crippen LogP contribution < -0.4 is 0 Å². The molecule has 1 saturated heterocycles. The minimum absolute atomic E-state index is 0.0863. The summed E-state index contributed by atoms with van der Waals surface area (Å²) in [5.41, 5.74) is 1.78. The highest BCUT2D eigenvalue weighted by Crippen LogP contribution is 2.19. The molecule has 1 N–H and O–H groups in total. The molecule has 0 aliphatic carbocycles. The van der Waals surface area contributed by atoms with Crippen LogP contribution >= 0.6 is 0 Å². The van der Waals surface area contributed by atoms with Crippen LogP contribution in [0.2, 0.25) is 0 Å². The number of methoxy groups -OCH3 is 2. The molecule has 0 bridgehead atoms. The number of rotatable bonds is 8. The van der Waals surface area contributed by atoms with Gasteiger partial charge in [-0.15, -0.1) is 0 Å². The molecule has 1 aliphatic heterocycles. The fourth-order valence-electron chi connectivity index (χ4n) is 2.81. The Kier molecular flexibility index (Phi) is 6.35. The summed E-state index contributed by atoms with van der Waals surface area (Å²) in [5.74, 6) is 0.283. The van der Waals surface area contributed by atoms with Crippen LogP contribution in [-0.2, 0) is 27.4 Å². The SMILES string of the molecule is COCCN1CC[C@H](C(=O)N(C)Cc2cc(COC)n[nH]2)C1. The van der Waals surface area contributed by atoms with Gasteiger partial charge < -0.3 is 19.3 Å². The number of amides is 1. The van der Waals surface area contributed by atoms with Crippen LogP contribution in [0, 0.1) is 5.92 Å². The summed E-state index contributed by atoms with van der Waals surface area (Å²) in [4.78, 5) is 16.6. The minimum Gasteiger partial charge on any atom is -0.383 e. The first-order chi connectivity index (χ1) is 10.6. The van der Waals surface area contributed by atoms with Gasteiger partial charge in [0, 0.05) is 34.4 Å². The number of hydrogen-bond donors (Lipinski definition) is 1. The fraction of sp³-hybridized carbons (Fsp3) is 0.733. The van der Waals surface area contributed by atoms with Crippen molar-refractivity contribution in [3.8, 4) is 0 Å². The Morgan fingerprint density at radius 1 is 1.50 bits per heavy atom. The van der Waals surface area contributed by atoms with Crippen LogP contribution in [0.25, 0.3) is 0 Å². The molecule has 1 aliphatic rings. The highest BCUT2D eigenvalue weighted by molar-refractivity contribution is 5.79. The lowest BCUT2D eigenvalue weighted by Gasteiger charge is -2.21. The number of aromatic nitrogens is 2. The molecule has 0 radical (unpaired) electrons. The Morgan fingerprint density at radius 3 is 3.05 bits per heavy atom. The average Bonchev–Trinajstić information content (AvgIpc) is 3.14. The number of likely N-dealkylation sites (tertiary alicyclic amines) is 1. The van der Waals surface area contributed by atoms with E-state index in [1.807, 2.05) is 13.1 Å². The lowest BCUT2D eigenvalue weighted by atomic mass is 10.1. The summed E-state index contributed by atoms with van der Waals surface area (Å²) < 4.78 is 10.1. The zero-order valence-corrected chi connectivity index (χ0v) is 13.7. The number of nitrogens with zero attached hydrogens (tertiary/aromatic N) is 3. The van der Waals surface area contributed by atoms with Crippen molar-refractivity contribution in [1.82, 2.24) is 20.0 Å². The summed E-state index contributed by atoms with van der Waals surface area (Å²) in [6, 6.07) is 1.94. The van der Waals surface area contributed by atoms with Gasteiger partial charge in [-0.2, -0.15) is 5.10 Å². The standard InChI is InChI=1S/C15H26N4O3/c1-18(10-13-8-14(11-22-3)17-16-13)15(20)12-4-5-19(9-12)6-7-21-2/h8,12H,4-7,9-11H2,1-3H3,(H,16,17)/t12-/m0/s1. The number of nitrogens with one attached hydrogen (secondary N) is 1. The molecule has 7 nitrogen and oxygen atoms in total. The van der Waals surface area contributed by atoms with E-state index in [1.165, 1.54) is 0 Å². The molecule has 1 amide bonds. The summed E-state index contributed by atoms with van der Waals surface area (Å²) in [5, 5.41) is 7.10. The zero-order chi connectivity index (χ0) is 15.9. The maximum absolute atomic E-state index is 12.5. The predicted octanol–water partition coefficient (Wildman–Crippen LogP) is 0.483. The molecule has 0 saturated carbocycles. The average molecular weight is 310 g/mol. The molecule has 1 fully saturated rings. The van der Waals surface area contributed by atoms with E-state index >= 15 is 0 Å². The van der Waals surface area contributed by atoms with Crippen molar-refractivity contribution in [2.45, 2.75) is 19.6 Å². The zero-order valence-electron chi connectivity index (χ0n) is 13.7. The topological polar surface area (TPSA) is 70.7 Å². The monoisotopic (exact) mass is 310 g/mol. The molecule has 0 aromatic carbocycles. The third-order valence-corrected chi connectivity index (χ3v) is 3.99. The second-order valence-electron chi connectivity index (χ2n) is 5.79. The third-order valence-electron chi connectivity index (χ3n) is 3.99. The number of carbonyl (C=O) groups excluding carboxylic acids is 1. The number of carbonyl (C=O) groups is 1. The fourth-order valence-corrected chi connectivity index (χ4v) is 2.81. The molecule has 1 aromatic heterocycles. The second kappa shape index (κ2) is 8.26. The highest BCUT2D eigenvalue weighted by Gasteiger charge is 2.30. The van der Waals surface area contributed by atoms with E-state index in [0.717, 1.165) is 37.4 Å². The van der Waals surface area contributed by atoms with Gasteiger partial charge in [0.25, 0.3) is 0 Å². The normalized spacial score (nSPS) is 18.8. The molecule has 22 heavy (non-hydrogen) atoms. The van der Waals surface area contributed by atoms with Crippen LogP contribution in [0.3, 0.4) is 0 Å². The Balaban J connectivity index is 1.81. The molecular formula is C15H26N4O3. The largest absolute Gasteiger partial charge is 0.383 e.